The fourth-order valence-electron chi connectivity index (χ4n) is 1.38. The lowest BCUT2D eigenvalue weighted by Crippen LogP contribution is -2.29. The maximum Gasteiger partial charge on any atom is 0.337 e. The van der Waals surface area contributed by atoms with E-state index in [9.17, 15) is 24.9 Å². The number of benzene rings is 1. The molecule has 6 nitrogen and oxygen atoms in total. The number of phenolic OH excluding ortho intramolecular Hbond substituents is 1. The van der Waals surface area contributed by atoms with Crippen LogP contribution < -0.4 is 0 Å². The van der Waals surface area contributed by atoms with Crippen LogP contribution in [0.25, 0.3) is 0 Å². The first-order chi connectivity index (χ1) is 8.02. The van der Waals surface area contributed by atoms with Crippen molar-refractivity contribution in [2.75, 3.05) is 7.11 Å². The molecule has 92 valence electrons. The van der Waals surface area contributed by atoms with E-state index < -0.39 is 18.2 Å². The molecule has 17 heavy (non-hydrogen) atoms. The summed E-state index contributed by atoms with van der Waals surface area (Å²) in [6, 6.07) is 3.95. The van der Waals surface area contributed by atoms with E-state index in [1.165, 1.54) is 18.2 Å². The Balaban J connectivity index is 3.12. The zero-order valence-electron chi connectivity index (χ0n) is 9.03. The van der Waals surface area contributed by atoms with Crippen molar-refractivity contribution in [3.05, 3.63) is 29.3 Å². The number of hydrogen-bond donors (Lipinski definition) is 3. The third-order valence-corrected chi connectivity index (χ3v) is 2.30. The van der Waals surface area contributed by atoms with E-state index in [1.54, 1.807) is 0 Å². The van der Waals surface area contributed by atoms with Gasteiger partial charge in [0.25, 0.3) is 0 Å². The molecule has 0 aliphatic heterocycles. The first-order valence-corrected chi connectivity index (χ1v) is 4.74. The van der Waals surface area contributed by atoms with Gasteiger partial charge in [-0.1, -0.05) is 12.1 Å². The summed E-state index contributed by atoms with van der Waals surface area (Å²) in [5.74, 6) is -1.37. The van der Waals surface area contributed by atoms with Crippen molar-refractivity contribution in [1.82, 2.24) is 0 Å². The summed E-state index contributed by atoms with van der Waals surface area (Å²) in [5.41, 5.74) is -0.221. The fraction of sp³-hybridized carbons (Fsp3) is 0.273. The largest absolute Gasteiger partial charge is 0.507 e. The molecule has 3 N–H and O–H groups in total. The predicted molar refractivity (Wildman–Crippen MR) is 56.5 cm³/mol. The average molecular weight is 240 g/mol. The van der Waals surface area contributed by atoms with Gasteiger partial charge in [-0.25, -0.2) is 4.79 Å². The number of hydrogen-bond acceptors (Lipinski definition) is 6. The summed E-state index contributed by atoms with van der Waals surface area (Å²) in [7, 11) is 1.06. The number of carbonyl (C=O) groups is 2. The topological polar surface area (TPSA) is 104 Å². The smallest absolute Gasteiger partial charge is 0.337 e. The Bertz CT molecular complexity index is 428. The number of carbonyl (C=O) groups excluding carboxylic acids is 2. The van der Waals surface area contributed by atoms with Gasteiger partial charge in [0, 0.05) is 0 Å². The molecular weight excluding hydrogens is 228 g/mol. The number of esters is 1. The van der Waals surface area contributed by atoms with Gasteiger partial charge in [0.1, 0.15) is 11.9 Å². The van der Waals surface area contributed by atoms with Crippen molar-refractivity contribution in [2.24, 2.45) is 0 Å². The monoisotopic (exact) mass is 240 g/mol. The van der Waals surface area contributed by atoms with Crippen LogP contribution in [0.15, 0.2) is 18.2 Å². The van der Waals surface area contributed by atoms with E-state index >= 15 is 0 Å². The highest BCUT2D eigenvalue weighted by molar-refractivity contribution is 5.83. The van der Waals surface area contributed by atoms with Crippen LogP contribution >= 0.6 is 0 Å². The van der Waals surface area contributed by atoms with Gasteiger partial charge in [0.2, 0.25) is 0 Å². The van der Waals surface area contributed by atoms with E-state index in [-0.39, 0.29) is 16.9 Å². The van der Waals surface area contributed by atoms with Gasteiger partial charge in [0.15, 0.2) is 12.4 Å². The quantitative estimate of drug-likeness (QED) is 0.496. The van der Waals surface area contributed by atoms with Crippen molar-refractivity contribution in [3.63, 3.8) is 0 Å². The zero-order valence-corrected chi connectivity index (χ0v) is 9.03. The third-order valence-electron chi connectivity index (χ3n) is 2.30. The standard InChI is InChI=1S/C11H12O6/c1-17-11(16)10(15)9(14)6-3-2-4-8(13)7(6)5-12/h2-5,9-10,13-15H,1H3. The predicted octanol–water partition coefficient (Wildman–Crippen LogP) is -0.228. The maximum atomic E-state index is 11.0. The van der Waals surface area contributed by atoms with E-state index in [0.717, 1.165) is 7.11 Å². The van der Waals surface area contributed by atoms with Gasteiger partial charge in [-0.15, -0.1) is 0 Å². The van der Waals surface area contributed by atoms with Crippen molar-refractivity contribution in [3.8, 4) is 5.75 Å². The highest BCUT2D eigenvalue weighted by Crippen LogP contribution is 2.26. The Morgan fingerprint density at radius 1 is 1.41 bits per heavy atom. The molecule has 0 heterocycles. The minimum Gasteiger partial charge on any atom is -0.507 e. The Labute approximate surface area is 97.1 Å². The summed E-state index contributed by atoms with van der Waals surface area (Å²) in [6.45, 7) is 0. The van der Waals surface area contributed by atoms with Crippen LogP contribution in [0.3, 0.4) is 0 Å². The summed E-state index contributed by atoms with van der Waals surface area (Å²) < 4.78 is 4.26. The molecule has 0 aliphatic rings. The minimum atomic E-state index is -1.82. The molecule has 6 heteroatoms. The van der Waals surface area contributed by atoms with Crippen LogP contribution in [0.2, 0.25) is 0 Å². The molecule has 0 saturated heterocycles. The average Bonchev–Trinajstić information content (AvgIpc) is 2.35. The normalized spacial score (nSPS) is 13.8. The second-order valence-electron chi connectivity index (χ2n) is 3.31. The first kappa shape index (κ1) is 13.1. The molecular formula is C11H12O6. The fourth-order valence-corrected chi connectivity index (χ4v) is 1.38. The number of phenols is 1. The van der Waals surface area contributed by atoms with Gasteiger partial charge in [-0.3, -0.25) is 4.79 Å². The number of methoxy groups -OCH3 is 1. The summed E-state index contributed by atoms with van der Waals surface area (Å²) in [4.78, 5) is 21.8. The molecule has 0 amide bonds. The molecule has 1 rings (SSSR count). The molecule has 0 saturated carbocycles. The minimum absolute atomic E-state index is 0.0436. The third kappa shape index (κ3) is 2.61. The lowest BCUT2D eigenvalue weighted by atomic mass is 9.98. The molecule has 1 aromatic rings. The zero-order chi connectivity index (χ0) is 13.0. The first-order valence-electron chi connectivity index (χ1n) is 4.74. The Hall–Kier alpha value is -1.92. The summed E-state index contributed by atoms with van der Waals surface area (Å²) in [6.07, 6.45) is -3.13. The SMILES string of the molecule is COC(=O)C(O)C(O)c1cccc(O)c1C=O. The van der Waals surface area contributed by atoms with Crippen LogP contribution in [0.1, 0.15) is 22.0 Å². The Morgan fingerprint density at radius 3 is 2.59 bits per heavy atom. The van der Waals surface area contributed by atoms with Gasteiger partial charge < -0.3 is 20.1 Å². The van der Waals surface area contributed by atoms with Gasteiger partial charge in [-0.2, -0.15) is 0 Å². The van der Waals surface area contributed by atoms with Gasteiger partial charge in [-0.05, 0) is 11.6 Å². The van der Waals surface area contributed by atoms with E-state index in [4.69, 9.17) is 0 Å². The van der Waals surface area contributed by atoms with Crippen molar-refractivity contribution in [1.29, 1.82) is 0 Å². The molecule has 0 radical (unpaired) electrons. The van der Waals surface area contributed by atoms with Crippen molar-refractivity contribution >= 4 is 12.3 Å². The molecule has 0 fully saturated rings. The summed E-state index contributed by atoms with van der Waals surface area (Å²) in [5, 5.41) is 28.5. The maximum absolute atomic E-state index is 11.0. The van der Waals surface area contributed by atoms with E-state index in [1.807, 2.05) is 0 Å². The van der Waals surface area contributed by atoms with Crippen molar-refractivity contribution in [2.45, 2.75) is 12.2 Å². The Morgan fingerprint density at radius 2 is 2.06 bits per heavy atom. The van der Waals surface area contributed by atoms with Crippen LogP contribution in [-0.2, 0) is 9.53 Å². The molecule has 0 aromatic heterocycles. The molecule has 2 atom stereocenters. The Kier molecular flexibility index (Phi) is 4.19. The second-order valence-corrected chi connectivity index (χ2v) is 3.31. The number of aromatic hydroxyl groups is 1. The van der Waals surface area contributed by atoms with E-state index in [2.05, 4.69) is 4.74 Å². The number of rotatable bonds is 4. The highest BCUT2D eigenvalue weighted by atomic mass is 16.5. The van der Waals surface area contributed by atoms with Crippen LogP contribution in [0.5, 0.6) is 5.75 Å². The molecule has 1 aromatic carbocycles. The second kappa shape index (κ2) is 5.42. The molecule has 0 bridgehead atoms. The summed E-state index contributed by atoms with van der Waals surface area (Å²) >= 11 is 0. The number of aliphatic hydroxyl groups is 2. The lowest BCUT2D eigenvalue weighted by molar-refractivity contribution is -0.156. The van der Waals surface area contributed by atoms with Crippen LogP contribution in [0, 0.1) is 0 Å². The van der Waals surface area contributed by atoms with Crippen molar-refractivity contribution < 1.29 is 29.6 Å². The molecule has 0 aliphatic carbocycles. The number of aldehydes is 1. The molecule has 0 spiro atoms. The number of ether oxygens (including phenoxy) is 1. The highest BCUT2D eigenvalue weighted by Gasteiger charge is 2.28. The molecule has 2 unspecified atom stereocenters. The van der Waals surface area contributed by atoms with E-state index in [0.29, 0.717) is 6.29 Å². The van der Waals surface area contributed by atoms with Gasteiger partial charge >= 0.3 is 5.97 Å². The van der Waals surface area contributed by atoms with Crippen LogP contribution in [-0.4, -0.2) is 40.8 Å². The lowest BCUT2D eigenvalue weighted by Gasteiger charge is -2.17. The van der Waals surface area contributed by atoms with Gasteiger partial charge in [0.05, 0.1) is 12.7 Å². The number of aliphatic hydroxyl groups excluding tert-OH is 2. The van der Waals surface area contributed by atoms with Crippen LogP contribution in [0.4, 0.5) is 0 Å².